The van der Waals surface area contributed by atoms with Gasteiger partial charge in [-0.2, -0.15) is 0 Å². The summed E-state index contributed by atoms with van der Waals surface area (Å²) >= 11 is 5.71. The molecule has 1 amide bonds. The first-order valence-corrected chi connectivity index (χ1v) is 11.1. The van der Waals surface area contributed by atoms with Crippen molar-refractivity contribution in [3.05, 3.63) is 53.6 Å². The van der Waals surface area contributed by atoms with Crippen molar-refractivity contribution in [2.45, 2.75) is 38.9 Å². The van der Waals surface area contributed by atoms with E-state index in [4.69, 9.17) is 26.4 Å². The molecule has 1 aliphatic rings. The summed E-state index contributed by atoms with van der Waals surface area (Å²) in [5.41, 5.74) is 2.82. The number of hydrogen-bond acceptors (Lipinski definition) is 5. The van der Waals surface area contributed by atoms with Gasteiger partial charge in [0.1, 0.15) is 0 Å². The van der Waals surface area contributed by atoms with E-state index in [-0.39, 0.29) is 18.2 Å². The van der Waals surface area contributed by atoms with Crippen LogP contribution in [0.25, 0.3) is 0 Å². The second kappa shape index (κ2) is 10.5. The van der Waals surface area contributed by atoms with Gasteiger partial charge in [-0.25, -0.2) is 4.79 Å². The van der Waals surface area contributed by atoms with Gasteiger partial charge in [-0.1, -0.05) is 30.3 Å². The fraction of sp³-hybridized carbons (Fsp3) is 0.417. The molecule has 0 aliphatic carbocycles. The van der Waals surface area contributed by atoms with Crippen LogP contribution >= 0.6 is 12.2 Å². The van der Waals surface area contributed by atoms with Crippen LogP contribution in [0.5, 0.6) is 11.5 Å². The molecule has 0 saturated carbocycles. The van der Waals surface area contributed by atoms with Gasteiger partial charge in [-0.15, -0.1) is 0 Å². The molecular formula is C24H31N3O4S. The van der Waals surface area contributed by atoms with E-state index in [0.29, 0.717) is 36.2 Å². The van der Waals surface area contributed by atoms with Crippen molar-refractivity contribution < 1.29 is 19.0 Å². The number of rotatable bonds is 6. The molecule has 0 saturated heterocycles. The summed E-state index contributed by atoms with van der Waals surface area (Å²) in [5, 5.41) is 3.77. The highest BCUT2D eigenvalue weighted by Gasteiger charge is 2.39. The highest BCUT2D eigenvalue weighted by molar-refractivity contribution is 7.80. The molecule has 7 nitrogen and oxygen atoms in total. The van der Waals surface area contributed by atoms with Crippen molar-refractivity contribution in [1.29, 1.82) is 0 Å². The summed E-state index contributed by atoms with van der Waals surface area (Å²) in [6, 6.07) is 13.8. The van der Waals surface area contributed by atoms with Crippen molar-refractivity contribution >= 4 is 29.1 Å². The summed E-state index contributed by atoms with van der Waals surface area (Å²) in [7, 11) is 5.02. The monoisotopic (exact) mass is 457 g/mol. The van der Waals surface area contributed by atoms with Crippen LogP contribution in [0.4, 0.5) is 10.5 Å². The van der Waals surface area contributed by atoms with Gasteiger partial charge in [0.25, 0.3) is 0 Å². The van der Waals surface area contributed by atoms with Crippen LogP contribution in [0.2, 0.25) is 0 Å². The molecule has 2 aromatic carbocycles. The predicted molar refractivity (Wildman–Crippen MR) is 130 cm³/mol. The Balaban J connectivity index is 2.14. The van der Waals surface area contributed by atoms with Crippen LogP contribution in [-0.2, 0) is 11.3 Å². The highest BCUT2D eigenvalue weighted by atomic mass is 32.1. The highest BCUT2D eigenvalue weighted by Crippen LogP contribution is 2.46. The normalized spacial score (nSPS) is 17.2. The zero-order chi connectivity index (χ0) is 23.3. The van der Waals surface area contributed by atoms with E-state index in [0.717, 1.165) is 16.8 Å². The van der Waals surface area contributed by atoms with Crippen LogP contribution in [-0.4, -0.2) is 50.0 Å². The minimum Gasteiger partial charge on any atom is -0.493 e. The Morgan fingerprint density at radius 1 is 1.19 bits per heavy atom. The number of ether oxygens (including phenoxy) is 3. The van der Waals surface area contributed by atoms with Crippen molar-refractivity contribution in [3.8, 4) is 11.5 Å². The van der Waals surface area contributed by atoms with Gasteiger partial charge in [-0.05, 0) is 44.1 Å². The Kier molecular flexibility index (Phi) is 7.80. The van der Waals surface area contributed by atoms with E-state index >= 15 is 0 Å². The molecule has 0 aromatic heterocycles. The molecule has 0 bridgehead atoms. The average Bonchev–Trinajstić information content (AvgIpc) is 2.81. The molecule has 1 heterocycles. The Bertz CT molecular complexity index is 954. The molecule has 8 heteroatoms. The zero-order valence-electron chi connectivity index (χ0n) is 19.3. The molecule has 1 aliphatic heterocycles. The topological polar surface area (TPSA) is 63.3 Å². The quantitative estimate of drug-likeness (QED) is 0.641. The number of thiocarbonyl (C=S) groups is 1. The molecule has 1 N–H and O–H groups in total. The van der Waals surface area contributed by atoms with Gasteiger partial charge in [0.05, 0.1) is 32.6 Å². The minimum absolute atomic E-state index is 0.0781. The van der Waals surface area contributed by atoms with E-state index in [1.807, 2.05) is 44.3 Å². The van der Waals surface area contributed by atoms with Gasteiger partial charge in [0.15, 0.2) is 16.6 Å². The zero-order valence-corrected chi connectivity index (χ0v) is 20.1. The van der Waals surface area contributed by atoms with Crippen LogP contribution in [0, 0.1) is 0 Å². The Morgan fingerprint density at radius 3 is 2.44 bits per heavy atom. The largest absolute Gasteiger partial charge is 0.493 e. The van der Waals surface area contributed by atoms with Gasteiger partial charge in [0, 0.05) is 31.3 Å². The summed E-state index contributed by atoms with van der Waals surface area (Å²) < 4.78 is 16.5. The molecule has 172 valence electrons. The van der Waals surface area contributed by atoms with E-state index in [9.17, 15) is 4.79 Å². The maximum absolute atomic E-state index is 12.9. The summed E-state index contributed by atoms with van der Waals surface area (Å²) in [5.74, 6) is 1.16. The van der Waals surface area contributed by atoms with E-state index in [2.05, 4.69) is 22.3 Å². The van der Waals surface area contributed by atoms with Gasteiger partial charge in [-0.3, -0.25) is 4.90 Å². The molecule has 2 atom stereocenters. The molecular weight excluding hydrogens is 426 g/mol. The molecule has 0 spiro atoms. The maximum atomic E-state index is 12.9. The summed E-state index contributed by atoms with van der Waals surface area (Å²) in [6.45, 7) is 4.76. The molecule has 0 fully saturated rings. The minimum atomic E-state index is -0.377. The maximum Gasteiger partial charge on any atom is 0.414 e. The third kappa shape index (κ3) is 4.75. The number of nitrogens with one attached hydrogen (secondary N) is 1. The number of carbonyl (C=O) groups excluding carboxylic acids is 1. The number of hydrogen-bond donors (Lipinski definition) is 1. The van der Waals surface area contributed by atoms with E-state index in [1.54, 1.807) is 26.0 Å². The second-order valence-corrected chi connectivity index (χ2v) is 7.99. The number of methoxy groups -OCH3 is 2. The van der Waals surface area contributed by atoms with Gasteiger partial charge >= 0.3 is 6.09 Å². The molecule has 2 aromatic rings. The van der Waals surface area contributed by atoms with Crippen LogP contribution in [0.1, 0.15) is 37.4 Å². The van der Waals surface area contributed by atoms with Crippen molar-refractivity contribution in [2.75, 3.05) is 32.8 Å². The Hall–Kier alpha value is -3.00. The van der Waals surface area contributed by atoms with Gasteiger partial charge < -0.3 is 24.4 Å². The van der Waals surface area contributed by atoms with Crippen LogP contribution < -0.4 is 19.7 Å². The Labute approximate surface area is 195 Å². The van der Waals surface area contributed by atoms with Crippen LogP contribution in [0.3, 0.4) is 0 Å². The molecule has 0 unspecified atom stereocenters. The van der Waals surface area contributed by atoms with Crippen LogP contribution in [0.15, 0.2) is 42.5 Å². The first-order chi connectivity index (χ1) is 15.4. The smallest absolute Gasteiger partial charge is 0.414 e. The van der Waals surface area contributed by atoms with Crippen molar-refractivity contribution in [1.82, 2.24) is 10.2 Å². The lowest BCUT2D eigenvalue weighted by Crippen LogP contribution is -2.49. The molecule has 3 rings (SSSR count). The third-order valence-electron chi connectivity index (χ3n) is 5.67. The lowest BCUT2D eigenvalue weighted by atomic mass is 9.90. The number of anilines is 1. The Morgan fingerprint density at radius 2 is 1.84 bits per heavy atom. The first-order valence-electron chi connectivity index (χ1n) is 10.7. The lowest BCUT2D eigenvalue weighted by Gasteiger charge is -2.44. The standard InChI is InChI=1S/C24H31N3O4S/c1-6-31-24(28)27-16(2)12-19(18-13-21(29-4)22(30-5)14-20(18)27)26(23(32)25-3)15-17-10-8-7-9-11-17/h7-11,13-14,16,19H,6,12,15H2,1-5H3,(H,25,32)/t16-,19+/m1/s1. The molecule has 0 radical (unpaired) electrons. The number of nitrogens with zero attached hydrogens (tertiary/aromatic N) is 2. The SMILES string of the molecule is CCOC(=O)N1c2cc(OC)c(OC)cc2[C@@H](N(Cc2ccccc2)C(=S)NC)C[C@H]1C. The number of benzene rings is 2. The average molecular weight is 458 g/mol. The summed E-state index contributed by atoms with van der Waals surface area (Å²) in [6.07, 6.45) is 0.299. The summed E-state index contributed by atoms with van der Waals surface area (Å²) in [4.78, 5) is 16.7. The van der Waals surface area contributed by atoms with Crippen molar-refractivity contribution in [3.63, 3.8) is 0 Å². The fourth-order valence-corrected chi connectivity index (χ4v) is 4.36. The number of amides is 1. The molecule has 32 heavy (non-hydrogen) atoms. The van der Waals surface area contributed by atoms with Crippen molar-refractivity contribution in [2.24, 2.45) is 0 Å². The number of fused-ring (bicyclic) bond motifs is 1. The third-order valence-corrected chi connectivity index (χ3v) is 6.11. The number of carbonyl (C=O) groups is 1. The van der Waals surface area contributed by atoms with E-state index < -0.39 is 0 Å². The predicted octanol–water partition coefficient (Wildman–Crippen LogP) is 4.51. The van der Waals surface area contributed by atoms with Gasteiger partial charge in [0.2, 0.25) is 0 Å². The second-order valence-electron chi connectivity index (χ2n) is 7.60. The first kappa shape index (κ1) is 23.7. The lowest BCUT2D eigenvalue weighted by molar-refractivity contribution is 0.153. The fourth-order valence-electron chi connectivity index (χ4n) is 4.17. The van der Waals surface area contributed by atoms with E-state index in [1.165, 1.54) is 0 Å².